The topological polar surface area (TPSA) is 79.0 Å². The number of hydrogen-bond acceptors (Lipinski definition) is 5. The number of amides is 1. The van der Waals surface area contributed by atoms with Crippen molar-refractivity contribution < 1.29 is 17.9 Å². The summed E-state index contributed by atoms with van der Waals surface area (Å²) in [5.41, 5.74) is 2.50. The summed E-state index contributed by atoms with van der Waals surface area (Å²) < 4.78 is 33.9. The van der Waals surface area contributed by atoms with Crippen LogP contribution in [0.5, 0.6) is 0 Å². The van der Waals surface area contributed by atoms with Gasteiger partial charge in [-0.3, -0.25) is 9.69 Å². The van der Waals surface area contributed by atoms with Crippen LogP contribution in [-0.4, -0.2) is 75.0 Å². The van der Waals surface area contributed by atoms with Crippen molar-refractivity contribution in [2.75, 3.05) is 39.4 Å². The highest BCUT2D eigenvalue weighted by Gasteiger charge is 2.40. The summed E-state index contributed by atoms with van der Waals surface area (Å²) >= 11 is 0. The summed E-state index contributed by atoms with van der Waals surface area (Å²) in [6.45, 7) is 13.9. The molecule has 1 aromatic carbocycles. The van der Waals surface area contributed by atoms with E-state index in [0.717, 1.165) is 29.8 Å². The molecular weight excluding hydrogens is 414 g/mol. The Morgan fingerprint density at radius 3 is 2.32 bits per heavy atom. The molecule has 2 aliphatic rings. The third kappa shape index (κ3) is 5.30. The molecule has 0 radical (unpaired) electrons. The number of sulfonamides is 1. The van der Waals surface area contributed by atoms with Crippen LogP contribution in [0.2, 0.25) is 0 Å². The van der Waals surface area contributed by atoms with Crippen LogP contribution < -0.4 is 5.32 Å². The maximum absolute atomic E-state index is 13.5. The van der Waals surface area contributed by atoms with Crippen molar-refractivity contribution >= 4 is 15.9 Å². The van der Waals surface area contributed by atoms with Crippen molar-refractivity contribution in [3.63, 3.8) is 0 Å². The third-order valence-electron chi connectivity index (χ3n) is 6.45. The molecule has 3 rings (SSSR count). The first-order valence-corrected chi connectivity index (χ1v) is 12.8. The van der Waals surface area contributed by atoms with Crippen molar-refractivity contribution in [3.8, 4) is 0 Å². The van der Waals surface area contributed by atoms with Gasteiger partial charge in [0.2, 0.25) is 15.9 Å². The number of ether oxygens (including phenoxy) is 1. The molecule has 2 saturated heterocycles. The van der Waals surface area contributed by atoms with Gasteiger partial charge in [0, 0.05) is 32.2 Å². The Bertz CT molecular complexity index is 871. The molecule has 0 aliphatic carbocycles. The van der Waals surface area contributed by atoms with E-state index in [-0.39, 0.29) is 11.9 Å². The van der Waals surface area contributed by atoms with Gasteiger partial charge in [-0.05, 0) is 50.7 Å². The van der Waals surface area contributed by atoms with Crippen LogP contribution in [0.1, 0.15) is 43.4 Å². The number of carbonyl (C=O) groups excluding carboxylic acids is 1. The lowest BCUT2D eigenvalue weighted by Gasteiger charge is -2.37. The van der Waals surface area contributed by atoms with Gasteiger partial charge in [-0.1, -0.05) is 31.5 Å². The molecule has 2 unspecified atom stereocenters. The van der Waals surface area contributed by atoms with E-state index in [2.05, 4.69) is 24.1 Å². The van der Waals surface area contributed by atoms with Gasteiger partial charge in [0.15, 0.2) is 0 Å². The van der Waals surface area contributed by atoms with E-state index >= 15 is 0 Å². The van der Waals surface area contributed by atoms with Gasteiger partial charge >= 0.3 is 0 Å². The highest BCUT2D eigenvalue weighted by molar-refractivity contribution is 7.89. The molecule has 2 fully saturated rings. The number of nitrogens with zero attached hydrogens (tertiary/aromatic N) is 2. The van der Waals surface area contributed by atoms with Crippen LogP contribution in [0.25, 0.3) is 0 Å². The lowest BCUT2D eigenvalue weighted by atomic mass is 10.0. The zero-order valence-corrected chi connectivity index (χ0v) is 20.3. The second-order valence-electron chi connectivity index (χ2n) is 9.21. The summed E-state index contributed by atoms with van der Waals surface area (Å²) in [6, 6.07) is 3.34. The zero-order chi connectivity index (χ0) is 22.8. The van der Waals surface area contributed by atoms with Crippen molar-refractivity contribution in [1.82, 2.24) is 14.5 Å². The molecular formula is C23H37N3O4S. The van der Waals surface area contributed by atoms with Crippen LogP contribution >= 0.6 is 0 Å². The van der Waals surface area contributed by atoms with Gasteiger partial charge in [-0.25, -0.2) is 8.42 Å². The number of nitrogens with one attached hydrogen (secondary N) is 1. The molecule has 0 saturated carbocycles. The van der Waals surface area contributed by atoms with Crippen molar-refractivity contribution in [2.45, 2.75) is 64.4 Å². The summed E-state index contributed by atoms with van der Waals surface area (Å²) in [6.07, 6.45) is 1.25. The number of hydrogen-bond donors (Lipinski definition) is 1. The predicted molar refractivity (Wildman–Crippen MR) is 122 cm³/mol. The van der Waals surface area contributed by atoms with Crippen molar-refractivity contribution in [3.05, 3.63) is 28.8 Å². The van der Waals surface area contributed by atoms with Crippen LogP contribution in [-0.2, 0) is 19.6 Å². The van der Waals surface area contributed by atoms with E-state index in [1.54, 1.807) is 0 Å². The van der Waals surface area contributed by atoms with Gasteiger partial charge in [-0.15, -0.1) is 0 Å². The first-order valence-electron chi connectivity index (χ1n) is 11.3. The first kappa shape index (κ1) is 24.2. The van der Waals surface area contributed by atoms with Gasteiger partial charge in [0.25, 0.3) is 0 Å². The molecule has 0 aromatic heterocycles. The zero-order valence-electron chi connectivity index (χ0n) is 19.5. The Balaban J connectivity index is 1.74. The summed E-state index contributed by atoms with van der Waals surface area (Å²) in [4.78, 5) is 15.8. The maximum Gasteiger partial charge on any atom is 0.244 e. The molecule has 31 heavy (non-hydrogen) atoms. The second-order valence-corrected chi connectivity index (χ2v) is 11.0. The van der Waals surface area contributed by atoms with Crippen LogP contribution in [0.15, 0.2) is 17.0 Å². The van der Waals surface area contributed by atoms with Crippen molar-refractivity contribution in [2.24, 2.45) is 5.92 Å². The monoisotopic (exact) mass is 451 g/mol. The fourth-order valence-electron chi connectivity index (χ4n) is 5.00. The van der Waals surface area contributed by atoms with Gasteiger partial charge in [-0.2, -0.15) is 4.31 Å². The second kappa shape index (κ2) is 9.98. The molecule has 1 aromatic rings. The summed E-state index contributed by atoms with van der Waals surface area (Å²) in [5.74, 6) is 0.182. The highest BCUT2D eigenvalue weighted by atomic mass is 32.2. The molecule has 0 spiro atoms. The Hall–Kier alpha value is -1.48. The standard InChI is InChI=1S/C23H37N3O4S/c1-16(2)21(25-9-11-30-12-10-25)15-24-23(27)20-7-6-8-26(20)31(28,29)22-18(4)13-17(3)14-19(22)5/h13-14,16,20-21H,6-12,15H2,1-5H3,(H,24,27). The quantitative estimate of drug-likeness (QED) is 0.688. The minimum atomic E-state index is -3.74. The Labute approximate surface area is 187 Å². The number of benzene rings is 1. The van der Waals surface area contributed by atoms with E-state index in [0.29, 0.717) is 50.0 Å². The normalized spacial score (nSPS) is 22.1. The Morgan fingerprint density at radius 1 is 1.13 bits per heavy atom. The van der Waals surface area contributed by atoms with E-state index in [4.69, 9.17) is 4.74 Å². The van der Waals surface area contributed by atoms with Crippen LogP contribution in [0.4, 0.5) is 0 Å². The molecule has 2 aliphatic heterocycles. The van der Waals surface area contributed by atoms with Gasteiger partial charge in [0.1, 0.15) is 6.04 Å². The number of morpholine rings is 1. The molecule has 2 heterocycles. The van der Waals surface area contributed by atoms with Gasteiger partial charge in [0.05, 0.1) is 18.1 Å². The minimum Gasteiger partial charge on any atom is -0.379 e. The molecule has 7 nitrogen and oxygen atoms in total. The van der Waals surface area contributed by atoms with E-state index in [1.165, 1.54) is 4.31 Å². The fourth-order valence-corrected chi connectivity index (χ4v) is 7.07. The largest absolute Gasteiger partial charge is 0.379 e. The van der Waals surface area contributed by atoms with E-state index in [9.17, 15) is 13.2 Å². The lowest BCUT2D eigenvalue weighted by molar-refractivity contribution is -0.124. The molecule has 2 atom stereocenters. The lowest BCUT2D eigenvalue weighted by Crippen LogP contribution is -2.53. The molecule has 174 valence electrons. The van der Waals surface area contributed by atoms with E-state index < -0.39 is 16.1 Å². The maximum atomic E-state index is 13.5. The summed E-state index contributed by atoms with van der Waals surface area (Å²) in [5, 5.41) is 3.07. The SMILES string of the molecule is Cc1cc(C)c(S(=O)(=O)N2CCCC2C(=O)NCC(C(C)C)N2CCOCC2)c(C)c1. The van der Waals surface area contributed by atoms with Crippen molar-refractivity contribution in [1.29, 1.82) is 0 Å². The minimum absolute atomic E-state index is 0.192. The van der Waals surface area contributed by atoms with Gasteiger partial charge < -0.3 is 10.1 Å². The smallest absolute Gasteiger partial charge is 0.244 e. The summed E-state index contributed by atoms with van der Waals surface area (Å²) in [7, 11) is -3.74. The number of aryl methyl sites for hydroxylation is 3. The fraction of sp³-hybridized carbons (Fsp3) is 0.696. The molecule has 1 amide bonds. The van der Waals surface area contributed by atoms with E-state index in [1.807, 2.05) is 32.9 Å². The van der Waals surface area contributed by atoms with Crippen LogP contribution in [0, 0.1) is 26.7 Å². The number of carbonyl (C=O) groups is 1. The average molecular weight is 452 g/mol. The highest BCUT2D eigenvalue weighted by Crippen LogP contribution is 2.30. The molecule has 0 bridgehead atoms. The first-order chi connectivity index (χ1) is 14.6. The predicted octanol–water partition coefficient (Wildman–Crippen LogP) is 2.24. The Kier molecular flexibility index (Phi) is 7.78. The molecule has 1 N–H and O–H groups in total. The van der Waals surface area contributed by atoms with Crippen LogP contribution in [0.3, 0.4) is 0 Å². The third-order valence-corrected chi connectivity index (χ3v) is 8.66. The Morgan fingerprint density at radius 2 is 1.74 bits per heavy atom. The molecule has 8 heteroatoms. The average Bonchev–Trinajstić information content (AvgIpc) is 3.18. The number of rotatable bonds is 7.